The zero-order chi connectivity index (χ0) is 15.9. The molecule has 6 heteroatoms. The molecule has 1 aromatic carbocycles. The van der Waals surface area contributed by atoms with Gasteiger partial charge in [0.15, 0.2) is 0 Å². The second-order valence-corrected chi connectivity index (χ2v) is 5.83. The number of nitrogens with two attached hydrogens (primary N) is 1. The van der Waals surface area contributed by atoms with E-state index in [-0.39, 0.29) is 49.0 Å². The summed E-state index contributed by atoms with van der Waals surface area (Å²) in [6.07, 6.45) is 1.41. The van der Waals surface area contributed by atoms with E-state index in [9.17, 15) is 9.59 Å². The number of carbonyl (C=O) groups excluding carboxylic acids is 2. The summed E-state index contributed by atoms with van der Waals surface area (Å²) in [5, 5.41) is 2.79. The van der Waals surface area contributed by atoms with Crippen molar-refractivity contribution < 1.29 is 9.59 Å². The summed E-state index contributed by atoms with van der Waals surface area (Å²) in [6, 6.07) is 10.0. The lowest BCUT2D eigenvalue weighted by Gasteiger charge is -2.16. The van der Waals surface area contributed by atoms with Crippen LogP contribution in [0.15, 0.2) is 30.3 Å². The molecule has 0 aromatic heterocycles. The Kier molecular flexibility index (Phi) is 8.06. The zero-order valence-corrected chi connectivity index (χ0v) is 14.3. The molecule has 128 valence electrons. The van der Waals surface area contributed by atoms with Gasteiger partial charge in [0.05, 0.1) is 0 Å². The molecule has 1 aromatic rings. The molecule has 3 N–H and O–H groups in total. The average molecular weight is 340 g/mol. The van der Waals surface area contributed by atoms with Gasteiger partial charge in [-0.05, 0) is 12.0 Å². The molecule has 1 fully saturated rings. The summed E-state index contributed by atoms with van der Waals surface area (Å²) >= 11 is 0. The molecule has 0 aliphatic carbocycles. The standard InChI is InChI=1S/C17H25N3O2.ClH/c1-2-10-19-16(21)8-9-17(22)20-11-14(15(18)12-20)13-6-4-3-5-7-13;/h3-7,14-15H,2,8-12,18H2,1H3,(H,19,21);1H/t14-,15+;/m0./s1. The Morgan fingerprint density at radius 1 is 1.22 bits per heavy atom. The smallest absolute Gasteiger partial charge is 0.223 e. The first-order chi connectivity index (χ1) is 10.6. The Hall–Kier alpha value is -1.59. The van der Waals surface area contributed by atoms with Crippen molar-refractivity contribution in [3.05, 3.63) is 35.9 Å². The molecule has 23 heavy (non-hydrogen) atoms. The van der Waals surface area contributed by atoms with Crippen molar-refractivity contribution in [1.29, 1.82) is 0 Å². The fraction of sp³-hybridized carbons (Fsp3) is 0.529. The van der Waals surface area contributed by atoms with E-state index in [1.165, 1.54) is 5.56 Å². The minimum Gasteiger partial charge on any atom is -0.356 e. The van der Waals surface area contributed by atoms with Crippen LogP contribution in [-0.2, 0) is 9.59 Å². The van der Waals surface area contributed by atoms with Crippen LogP contribution in [0.2, 0.25) is 0 Å². The molecular weight excluding hydrogens is 314 g/mol. The number of hydrogen-bond acceptors (Lipinski definition) is 3. The van der Waals surface area contributed by atoms with E-state index in [0.717, 1.165) is 6.42 Å². The summed E-state index contributed by atoms with van der Waals surface area (Å²) in [5.74, 6) is 0.137. The van der Waals surface area contributed by atoms with Crippen LogP contribution in [0.25, 0.3) is 0 Å². The monoisotopic (exact) mass is 339 g/mol. The molecule has 2 rings (SSSR count). The first kappa shape index (κ1) is 19.5. The highest BCUT2D eigenvalue weighted by molar-refractivity contribution is 5.85. The number of benzene rings is 1. The molecule has 2 atom stereocenters. The summed E-state index contributed by atoms with van der Waals surface area (Å²) in [4.78, 5) is 25.6. The predicted octanol–water partition coefficient (Wildman–Crippen LogP) is 1.67. The first-order valence-corrected chi connectivity index (χ1v) is 7.96. The number of carbonyl (C=O) groups is 2. The Bertz CT molecular complexity index is 510. The summed E-state index contributed by atoms with van der Waals surface area (Å²) in [5.41, 5.74) is 7.36. The van der Waals surface area contributed by atoms with E-state index in [4.69, 9.17) is 5.73 Å². The van der Waals surface area contributed by atoms with Crippen molar-refractivity contribution >= 4 is 24.2 Å². The van der Waals surface area contributed by atoms with Gasteiger partial charge < -0.3 is 16.0 Å². The third-order valence-electron chi connectivity index (χ3n) is 4.08. The molecule has 0 unspecified atom stereocenters. The van der Waals surface area contributed by atoms with Crippen molar-refractivity contribution in [3.8, 4) is 0 Å². The summed E-state index contributed by atoms with van der Waals surface area (Å²) in [6.45, 7) is 3.87. The molecule has 0 spiro atoms. The van der Waals surface area contributed by atoms with Crippen LogP contribution in [-0.4, -0.2) is 42.4 Å². The van der Waals surface area contributed by atoms with Gasteiger partial charge in [-0.1, -0.05) is 37.3 Å². The summed E-state index contributed by atoms with van der Waals surface area (Å²) in [7, 11) is 0. The van der Waals surface area contributed by atoms with Crippen LogP contribution in [0.5, 0.6) is 0 Å². The van der Waals surface area contributed by atoms with Crippen LogP contribution >= 0.6 is 12.4 Å². The number of nitrogens with one attached hydrogen (secondary N) is 1. The molecule has 1 aliphatic rings. The predicted molar refractivity (Wildman–Crippen MR) is 93.5 cm³/mol. The topological polar surface area (TPSA) is 75.4 Å². The third kappa shape index (κ3) is 5.52. The number of likely N-dealkylation sites (tertiary alicyclic amines) is 1. The van der Waals surface area contributed by atoms with Gasteiger partial charge in [0.2, 0.25) is 11.8 Å². The molecule has 5 nitrogen and oxygen atoms in total. The third-order valence-corrected chi connectivity index (χ3v) is 4.08. The highest BCUT2D eigenvalue weighted by atomic mass is 35.5. The Balaban J connectivity index is 0.00000264. The average Bonchev–Trinajstić information content (AvgIpc) is 2.93. The Morgan fingerprint density at radius 2 is 1.91 bits per heavy atom. The number of hydrogen-bond donors (Lipinski definition) is 2. The molecule has 0 bridgehead atoms. The van der Waals surface area contributed by atoms with Crippen molar-refractivity contribution in [2.24, 2.45) is 5.73 Å². The van der Waals surface area contributed by atoms with Crippen molar-refractivity contribution in [1.82, 2.24) is 10.2 Å². The molecule has 1 aliphatic heterocycles. The van der Waals surface area contributed by atoms with Gasteiger partial charge in [-0.15, -0.1) is 12.4 Å². The van der Waals surface area contributed by atoms with E-state index in [0.29, 0.717) is 19.6 Å². The highest BCUT2D eigenvalue weighted by Crippen LogP contribution is 2.26. The van der Waals surface area contributed by atoms with Gasteiger partial charge in [-0.3, -0.25) is 9.59 Å². The number of rotatable bonds is 6. The van der Waals surface area contributed by atoms with Crippen LogP contribution in [0.3, 0.4) is 0 Å². The van der Waals surface area contributed by atoms with Gasteiger partial charge in [-0.25, -0.2) is 0 Å². The fourth-order valence-electron chi connectivity index (χ4n) is 2.82. The zero-order valence-electron chi connectivity index (χ0n) is 13.5. The molecular formula is C17H26ClN3O2. The second kappa shape index (κ2) is 9.53. The number of halogens is 1. The van der Waals surface area contributed by atoms with Crippen LogP contribution in [0.4, 0.5) is 0 Å². The van der Waals surface area contributed by atoms with E-state index < -0.39 is 0 Å². The van der Waals surface area contributed by atoms with E-state index >= 15 is 0 Å². The molecule has 0 saturated carbocycles. The lowest BCUT2D eigenvalue weighted by Crippen LogP contribution is -2.33. The maximum Gasteiger partial charge on any atom is 0.223 e. The SMILES string of the molecule is CCCNC(=O)CCC(=O)N1C[C@@H](N)[C@H](c2ccccc2)C1.Cl. The Morgan fingerprint density at radius 3 is 2.57 bits per heavy atom. The van der Waals surface area contributed by atoms with Crippen molar-refractivity contribution in [3.63, 3.8) is 0 Å². The summed E-state index contributed by atoms with van der Waals surface area (Å²) < 4.78 is 0. The second-order valence-electron chi connectivity index (χ2n) is 5.83. The normalized spacial score (nSPS) is 20.0. The van der Waals surface area contributed by atoms with Crippen LogP contribution in [0, 0.1) is 0 Å². The Labute approximate surface area is 144 Å². The highest BCUT2D eigenvalue weighted by Gasteiger charge is 2.33. The van der Waals surface area contributed by atoms with Crippen molar-refractivity contribution in [2.45, 2.75) is 38.1 Å². The maximum absolute atomic E-state index is 12.2. The van der Waals surface area contributed by atoms with E-state index in [2.05, 4.69) is 17.4 Å². The van der Waals surface area contributed by atoms with Crippen LogP contribution < -0.4 is 11.1 Å². The van der Waals surface area contributed by atoms with Gasteiger partial charge >= 0.3 is 0 Å². The van der Waals surface area contributed by atoms with Gasteiger partial charge in [-0.2, -0.15) is 0 Å². The maximum atomic E-state index is 12.2. The van der Waals surface area contributed by atoms with Crippen LogP contribution in [0.1, 0.15) is 37.7 Å². The minimum absolute atomic E-state index is 0. The number of nitrogens with zero attached hydrogens (tertiary/aromatic N) is 1. The lowest BCUT2D eigenvalue weighted by atomic mass is 9.95. The number of amides is 2. The largest absolute Gasteiger partial charge is 0.356 e. The van der Waals surface area contributed by atoms with Crippen molar-refractivity contribution in [2.75, 3.05) is 19.6 Å². The van der Waals surface area contributed by atoms with E-state index in [1.807, 2.05) is 25.1 Å². The molecule has 0 radical (unpaired) electrons. The van der Waals surface area contributed by atoms with E-state index in [1.54, 1.807) is 4.90 Å². The van der Waals surface area contributed by atoms with Gasteiger partial charge in [0.25, 0.3) is 0 Å². The first-order valence-electron chi connectivity index (χ1n) is 7.96. The van der Waals surface area contributed by atoms with Gasteiger partial charge in [0.1, 0.15) is 0 Å². The fourth-order valence-corrected chi connectivity index (χ4v) is 2.82. The quantitative estimate of drug-likeness (QED) is 0.827. The minimum atomic E-state index is -0.0571. The molecule has 1 heterocycles. The molecule has 2 amide bonds. The van der Waals surface area contributed by atoms with Gasteiger partial charge in [0, 0.05) is 44.4 Å². The lowest BCUT2D eigenvalue weighted by molar-refractivity contribution is -0.132. The molecule has 1 saturated heterocycles.